The van der Waals surface area contributed by atoms with E-state index in [0.717, 1.165) is 0 Å². The molecule has 9 heteroatoms. The third-order valence-corrected chi connectivity index (χ3v) is 6.76. The second kappa shape index (κ2) is 9.50. The number of nitrogens with zero attached hydrogens (tertiary/aromatic N) is 1. The number of carbonyl (C=O) groups is 3. The van der Waals surface area contributed by atoms with Crippen molar-refractivity contribution < 1.29 is 33.7 Å². The van der Waals surface area contributed by atoms with Gasteiger partial charge >= 0.3 is 5.97 Å². The molecule has 3 aromatic rings. The molecular formula is C27H23NO7S. The topological polar surface area (TPSA) is 102 Å². The molecule has 1 unspecified atom stereocenters. The summed E-state index contributed by atoms with van der Waals surface area (Å²) < 4.78 is 16.0. The molecule has 184 valence electrons. The van der Waals surface area contributed by atoms with Gasteiger partial charge in [0.15, 0.2) is 11.5 Å². The first-order chi connectivity index (χ1) is 17.3. The molecule has 1 atom stereocenters. The summed E-state index contributed by atoms with van der Waals surface area (Å²) in [6.45, 7) is 4.26. The minimum Gasteiger partial charge on any atom is -0.507 e. The number of esters is 1. The van der Waals surface area contributed by atoms with Crippen LogP contribution in [0.3, 0.4) is 0 Å². The van der Waals surface area contributed by atoms with Gasteiger partial charge < -0.3 is 19.3 Å². The van der Waals surface area contributed by atoms with Crippen LogP contribution in [0.25, 0.3) is 5.76 Å². The number of hydrogen-bond acceptors (Lipinski definition) is 8. The van der Waals surface area contributed by atoms with Crippen molar-refractivity contribution in [2.45, 2.75) is 19.9 Å². The van der Waals surface area contributed by atoms with E-state index in [1.54, 1.807) is 48.5 Å². The summed E-state index contributed by atoms with van der Waals surface area (Å²) in [6.07, 6.45) is 0. The van der Waals surface area contributed by atoms with Crippen LogP contribution >= 0.6 is 11.3 Å². The number of fused-ring (bicyclic) bond motifs is 1. The molecule has 2 aliphatic heterocycles. The average molecular weight is 506 g/mol. The summed E-state index contributed by atoms with van der Waals surface area (Å²) in [5, 5.41) is 13.1. The molecule has 0 radical (unpaired) electrons. The lowest BCUT2D eigenvalue weighted by molar-refractivity contribution is -0.132. The maximum absolute atomic E-state index is 13.2. The monoisotopic (exact) mass is 505 g/mol. The van der Waals surface area contributed by atoms with Gasteiger partial charge in [0.2, 0.25) is 6.79 Å². The molecular weight excluding hydrogens is 482 g/mol. The van der Waals surface area contributed by atoms with E-state index < -0.39 is 23.7 Å². The van der Waals surface area contributed by atoms with Gasteiger partial charge in [0.1, 0.15) is 11.8 Å². The van der Waals surface area contributed by atoms with Crippen molar-refractivity contribution in [3.05, 3.63) is 81.6 Å². The van der Waals surface area contributed by atoms with Gasteiger partial charge in [-0.15, -0.1) is 11.3 Å². The number of thiophene rings is 1. The maximum atomic E-state index is 13.2. The number of benzene rings is 2. The quantitative estimate of drug-likeness (QED) is 0.220. The van der Waals surface area contributed by atoms with Gasteiger partial charge in [-0.05, 0) is 59.8 Å². The molecule has 0 saturated carbocycles. The van der Waals surface area contributed by atoms with Gasteiger partial charge in [0.25, 0.3) is 11.7 Å². The Hall–Kier alpha value is -4.11. The van der Waals surface area contributed by atoms with Gasteiger partial charge in [-0.3, -0.25) is 14.5 Å². The molecule has 0 bridgehead atoms. The number of ketones is 1. The highest BCUT2D eigenvalue weighted by atomic mass is 32.1. The molecule has 1 saturated heterocycles. The number of carbonyl (C=O) groups excluding carboxylic acids is 3. The molecule has 8 nitrogen and oxygen atoms in total. The molecule has 1 amide bonds. The fourth-order valence-corrected chi connectivity index (χ4v) is 4.92. The van der Waals surface area contributed by atoms with Crippen molar-refractivity contribution in [3.8, 4) is 11.5 Å². The van der Waals surface area contributed by atoms with Gasteiger partial charge in [-0.25, -0.2) is 4.79 Å². The second-order valence-electron chi connectivity index (χ2n) is 8.79. The smallest absolute Gasteiger partial charge is 0.338 e. The third kappa shape index (κ3) is 4.22. The summed E-state index contributed by atoms with van der Waals surface area (Å²) in [4.78, 5) is 40.8. The van der Waals surface area contributed by atoms with E-state index >= 15 is 0 Å². The Labute approximate surface area is 211 Å². The Morgan fingerprint density at radius 1 is 1.08 bits per heavy atom. The molecule has 1 fully saturated rings. The molecule has 1 N–H and O–H groups in total. The van der Waals surface area contributed by atoms with Crippen LogP contribution in [0.2, 0.25) is 0 Å². The first-order valence-corrected chi connectivity index (χ1v) is 12.2. The Kier molecular flexibility index (Phi) is 6.24. The second-order valence-corrected chi connectivity index (χ2v) is 9.77. The van der Waals surface area contributed by atoms with E-state index in [1.165, 1.54) is 16.2 Å². The van der Waals surface area contributed by atoms with Gasteiger partial charge in [-0.1, -0.05) is 19.9 Å². The third-order valence-electron chi connectivity index (χ3n) is 5.83. The zero-order valence-electron chi connectivity index (χ0n) is 19.6. The van der Waals surface area contributed by atoms with Crippen molar-refractivity contribution >= 4 is 40.4 Å². The minimum absolute atomic E-state index is 0.0262. The van der Waals surface area contributed by atoms with Gasteiger partial charge in [0, 0.05) is 16.1 Å². The molecule has 0 spiro atoms. The lowest BCUT2D eigenvalue weighted by atomic mass is 9.99. The SMILES string of the molecule is CC(C)COC(=O)c1ccc(N2C(=O)C(=O)/C(=C(\O)c3ccc4c(c3)OCO4)C2c2cccs2)cc1. The summed E-state index contributed by atoms with van der Waals surface area (Å²) in [7, 11) is 0. The lowest BCUT2D eigenvalue weighted by Gasteiger charge is -2.24. The molecule has 2 aromatic carbocycles. The minimum atomic E-state index is -0.839. The van der Waals surface area contributed by atoms with Crippen molar-refractivity contribution in [2.75, 3.05) is 18.3 Å². The van der Waals surface area contributed by atoms with E-state index in [-0.39, 0.29) is 24.0 Å². The van der Waals surface area contributed by atoms with E-state index in [0.29, 0.717) is 39.8 Å². The Morgan fingerprint density at radius 3 is 2.50 bits per heavy atom. The first-order valence-electron chi connectivity index (χ1n) is 11.4. The van der Waals surface area contributed by atoms with Crippen LogP contribution in [0.4, 0.5) is 5.69 Å². The van der Waals surface area contributed by atoms with Crippen LogP contribution in [-0.2, 0) is 14.3 Å². The summed E-state index contributed by atoms with van der Waals surface area (Å²) in [6, 6.07) is 13.9. The lowest BCUT2D eigenvalue weighted by Crippen LogP contribution is -2.29. The molecule has 2 aliphatic rings. The fraction of sp³-hybridized carbons (Fsp3) is 0.222. The zero-order chi connectivity index (χ0) is 25.4. The summed E-state index contributed by atoms with van der Waals surface area (Å²) in [5.41, 5.74) is 1.06. The van der Waals surface area contributed by atoms with Gasteiger partial charge in [-0.2, -0.15) is 0 Å². The number of aliphatic hydroxyl groups excluding tert-OH is 1. The van der Waals surface area contributed by atoms with Crippen LogP contribution in [0.15, 0.2) is 65.6 Å². The molecule has 3 heterocycles. The molecule has 0 aliphatic carbocycles. The van der Waals surface area contributed by atoms with E-state index in [9.17, 15) is 19.5 Å². The number of ether oxygens (including phenoxy) is 3. The van der Waals surface area contributed by atoms with Crippen molar-refractivity contribution in [1.29, 1.82) is 0 Å². The van der Waals surface area contributed by atoms with Crippen molar-refractivity contribution in [2.24, 2.45) is 5.92 Å². The highest BCUT2D eigenvalue weighted by Gasteiger charge is 2.47. The van der Waals surface area contributed by atoms with E-state index in [4.69, 9.17) is 14.2 Å². The van der Waals surface area contributed by atoms with Crippen LogP contribution in [-0.4, -0.2) is 36.2 Å². The Morgan fingerprint density at radius 2 is 1.81 bits per heavy atom. The number of amides is 1. The Balaban J connectivity index is 1.54. The van der Waals surface area contributed by atoms with E-state index in [2.05, 4.69) is 0 Å². The molecule has 5 rings (SSSR count). The standard InChI is InChI=1S/C27H23NO7S/c1-15(2)13-33-27(32)16-5-8-18(9-6-16)28-23(21-4-3-11-36-21)22(25(30)26(28)31)24(29)17-7-10-19-20(12-17)35-14-34-19/h3-12,15,23,29H,13-14H2,1-2H3/b24-22-. The highest BCUT2D eigenvalue weighted by Crippen LogP contribution is 2.44. The maximum Gasteiger partial charge on any atom is 0.338 e. The predicted molar refractivity (Wildman–Crippen MR) is 133 cm³/mol. The summed E-state index contributed by atoms with van der Waals surface area (Å²) >= 11 is 1.37. The summed E-state index contributed by atoms with van der Waals surface area (Å²) in [5.74, 6) is -1.16. The van der Waals surface area contributed by atoms with Crippen LogP contribution in [0.5, 0.6) is 11.5 Å². The van der Waals surface area contributed by atoms with Crippen molar-refractivity contribution in [3.63, 3.8) is 0 Å². The number of anilines is 1. The Bertz CT molecular complexity index is 1360. The zero-order valence-corrected chi connectivity index (χ0v) is 20.4. The number of aliphatic hydroxyl groups is 1. The molecule has 1 aromatic heterocycles. The average Bonchev–Trinajstić information content (AvgIpc) is 3.62. The first kappa shape index (κ1) is 23.6. The molecule has 36 heavy (non-hydrogen) atoms. The van der Waals surface area contributed by atoms with Gasteiger partial charge in [0.05, 0.1) is 17.7 Å². The van der Waals surface area contributed by atoms with E-state index in [1.807, 2.05) is 25.3 Å². The van der Waals surface area contributed by atoms with Crippen LogP contribution in [0, 0.1) is 5.92 Å². The number of Topliss-reactive ketones (excluding diaryl/α,β-unsaturated/α-hetero) is 1. The number of rotatable bonds is 6. The predicted octanol–water partition coefficient (Wildman–Crippen LogP) is 4.92. The van der Waals surface area contributed by atoms with Crippen LogP contribution < -0.4 is 14.4 Å². The van der Waals surface area contributed by atoms with Crippen LogP contribution in [0.1, 0.15) is 40.7 Å². The highest BCUT2D eigenvalue weighted by molar-refractivity contribution is 7.10. The largest absolute Gasteiger partial charge is 0.507 e. The normalized spacial score (nSPS) is 18.2. The van der Waals surface area contributed by atoms with Crippen molar-refractivity contribution in [1.82, 2.24) is 0 Å². The number of hydrogen-bond donors (Lipinski definition) is 1. The fourth-order valence-electron chi connectivity index (χ4n) is 4.10.